The van der Waals surface area contributed by atoms with E-state index in [0.29, 0.717) is 20.9 Å². The molecule has 0 aliphatic heterocycles. The number of carbonyl (C=O) groups excluding carboxylic acids is 2. The van der Waals surface area contributed by atoms with Crippen LogP contribution in [0.1, 0.15) is 15.9 Å². The lowest BCUT2D eigenvalue weighted by molar-refractivity contribution is -0.121. The third-order valence-corrected chi connectivity index (χ3v) is 7.45. The Labute approximate surface area is 236 Å². The van der Waals surface area contributed by atoms with Crippen molar-refractivity contribution in [3.63, 3.8) is 0 Å². The number of hydrogen-bond donors (Lipinski definition) is 2. The number of carbonyl (C=O) groups is 2. The highest BCUT2D eigenvalue weighted by molar-refractivity contribution is 7.19. The summed E-state index contributed by atoms with van der Waals surface area (Å²) in [5.41, 5.74) is 6.48. The zero-order valence-electron chi connectivity index (χ0n) is 21.1. The Hall–Kier alpha value is -4.74. The van der Waals surface area contributed by atoms with Gasteiger partial charge in [-0.3, -0.25) is 19.1 Å². The van der Waals surface area contributed by atoms with Crippen LogP contribution in [0.25, 0.3) is 21.5 Å². The molecule has 0 unspecified atom stereocenters. The summed E-state index contributed by atoms with van der Waals surface area (Å²) in [6.45, 7) is -0.595. The summed E-state index contributed by atoms with van der Waals surface area (Å²) in [5, 5.41) is 0.549. The number of aromatic amines is 1. The van der Waals surface area contributed by atoms with Crippen molar-refractivity contribution in [2.24, 2.45) is 0 Å². The first-order valence-electron chi connectivity index (χ1n) is 12.0. The number of rotatable bonds is 7. The highest BCUT2D eigenvalue weighted by Gasteiger charge is 2.23. The van der Waals surface area contributed by atoms with E-state index in [0.717, 1.165) is 19.9 Å². The van der Waals surface area contributed by atoms with Gasteiger partial charge in [0, 0.05) is 12.4 Å². The molecule has 2 aromatic carbocycles. The van der Waals surface area contributed by atoms with E-state index in [1.165, 1.54) is 18.4 Å². The number of benzene rings is 2. The predicted octanol–water partition coefficient (Wildman–Crippen LogP) is 3.92. The lowest BCUT2D eigenvalue weighted by Crippen LogP contribution is -2.40. The number of nitrogens with zero attached hydrogens (tertiary/aromatic N) is 3. The molecule has 0 radical (unpaired) electrons. The van der Waals surface area contributed by atoms with E-state index < -0.39 is 29.7 Å². The minimum Gasteiger partial charge on any atom is -0.452 e. The number of fused-ring (bicyclic) bond motifs is 1. The fourth-order valence-electron chi connectivity index (χ4n) is 4.17. The highest BCUT2D eigenvalue weighted by atomic mass is 35.5. The van der Waals surface area contributed by atoms with Crippen LogP contribution >= 0.6 is 22.9 Å². The van der Waals surface area contributed by atoms with E-state index in [1.54, 1.807) is 66.7 Å². The van der Waals surface area contributed by atoms with Crippen LogP contribution in [0, 0.1) is 0 Å². The third-order valence-electron chi connectivity index (χ3n) is 6.20. The van der Waals surface area contributed by atoms with Gasteiger partial charge in [-0.15, -0.1) is 11.3 Å². The quantitative estimate of drug-likeness (QED) is 0.280. The topological polar surface area (TPSA) is 140 Å². The normalized spacial score (nSPS) is 10.9. The van der Waals surface area contributed by atoms with Gasteiger partial charge in [0.15, 0.2) is 12.3 Å². The fraction of sp³-hybridized carbons (Fsp3) is 0.107. The first kappa shape index (κ1) is 26.9. The summed E-state index contributed by atoms with van der Waals surface area (Å²) in [4.78, 5) is 59.8. The van der Waals surface area contributed by atoms with Crippen LogP contribution < -0.4 is 21.9 Å². The second-order valence-electron chi connectivity index (χ2n) is 8.77. The van der Waals surface area contributed by atoms with Gasteiger partial charge in [0.2, 0.25) is 0 Å². The molecule has 0 atom stereocenters. The fourth-order valence-corrected chi connectivity index (χ4v) is 5.18. The highest BCUT2D eigenvalue weighted by Crippen LogP contribution is 2.32. The van der Waals surface area contributed by atoms with Gasteiger partial charge in [0.25, 0.3) is 11.5 Å². The molecule has 0 bridgehead atoms. The summed E-state index contributed by atoms with van der Waals surface area (Å²) in [7, 11) is 1.31. The molecule has 5 rings (SSSR count). The number of H-pyrrole nitrogens is 1. The maximum Gasteiger partial charge on any atom is 0.339 e. The molecule has 12 heteroatoms. The molecule has 10 nitrogen and oxygen atoms in total. The average Bonchev–Trinajstić information content (AvgIpc) is 3.39. The Balaban J connectivity index is 1.39. The number of ether oxygens (including phenoxy) is 1. The minimum atomic E-state index is -0.839. The number of nitrogens with two attached hydrogens (primary N) is 1. The van der Waals surface area contributed by atoms with Gasteiger partial charge in [-0.2, -0.15) is 0 Å². The number of anilines is 2. The molecule has 0 aliphatic carbocycles. The molecular weight excluding hydrogens is 554 g/mol. The molecule has 1 amide bonds. The van der Waals surface area contributed by atoms with Crippen molar-refractivity contribution in [1.82, 2.24) is 14.5 Å². The number of hydrogen-bond acceptors (Lipinski definition) is 8. The number of thiophene rings is 1. The van der Waals surface area contributed by atoms with Crippen LogP contribution in [0.15, 0.2) is 82.4 Å². The van der Waals surface area contributed by atoms with E-state index >= 15 is 0 Å². The molecule has 0 spiro atoms. The van der Waals surface area contributed by atoms with Crippen molar-refractivity contribution in [2.45, 2.75) is 6.54 Å². The van der Waals surface area contributed by atoms with Crippen LogP contribution in [0.2, 0.25) is 4.34 Å². The second-order valence-corrected chi connectivity index (χ2v) is 10.5. The van der Waals surface area contributed by atoms with Crippen LogP contribution in [-0.4, -0.2) is 40.1 Å². The second kappa shape index (κ2) is 11.2. The summed E-state index contributed by atoms with van der Waals surface area (Å²) >= 11 is 7.40. The van der Waals surface area contributed by atoms with Crippen LogP contribution in [0.5, 0.6) is 0 Å². The Bertz CT molecular complexity index is 1870. The Morgan fingerprint density at radius 1 is 1.07 bits per heavy atom. The molecule has 3 aromatic heterocycles. The molecule has 5 aromatic rings. The molecule has 3 heterocycles. The van der Waals surface area contributed by atoms with Crippen molar-refractivity contribution in [2.75, 3.05) is 24.3 Å². The summed E-state index contributed by atoms with van der Waals surface area (Å²) in [6, 6.07) is 21.2. The summed E-state index contributed by atoms with van der Waals surface area (Å²) in [5.74, 6) is -1.67. The molecule has 202 valence electrons. The van der Waals surface area contributed by atoms with Gasteiger partial charge in [-0.1, -0.05) is 60.1 Å². The zero-order valence-corrected chi connectivity index (χ0v) is 22.7. The average molecular weight is 576 g/mol. The molecule has 40 heavy (non-hydrogen) atoms. The first-order valence-corrected chi connectivity index (χ1v) is 13.2. The first-order chi connectivity index (χ1) is 19.2. The Morgan fingerprint density at radius 2 is 1.80 bits per heavy atom. The minimum absolute atomic E-state index is 0.0825. The number of halogens is 1. The van der Waals surface area contributed by atoms with Crippen molar-refractivity contribution in [3.05, 3.63) is 109 Å². The predicted molar refractivity (Wildman–Crippen MR) is 155 cm³/mol. The maximum atomic E-state index is 13.2. The van der Waals surface area contributed by atoms with E-state index in [4.69, 9.17) is 22.1 Å². The van der Waals surface area contributed by atoms with Gasteiger partial charge < -0.3 is 15.4 Å². The molecule has 0 saturated heterocycles. The Morgan fingerprint density at radius 3 is 2.52 bits per heavy atom. The number of para-hydroxylation sites is 1. The molecule has 0 saturated carbocycles. The SMILES string of the molecule is CN(C(=O)COC(=O)c1cc(-c2ccc(Cl)s2)nc2ccccc12)c1c(N)n(Cc2ccccc2)c(=O)[nH]c1=O. The van der Waals surface area contributed by atoms with Crippen LogP contribution in [0.4, 0.5) is 11.5 Å². The van der Waals surface area contributed by atoms with Gasteiger partial charge >= 0.3 is 11.7 Å². The molecule has 0 fully saturated rings. The number of nitrogens with one attached hydrogen (secondary N) is 1. The van der Waals surface area contributed by atoms with Gasteiger partial charge in [0.1, 0.15) is 5.82 Å². The lowest BCUT2D eigenvalue weighted by atomic mass is 10.1. The van der Waals surface area contributed by atoms with Crippen molar-refractivity contribution in [1.29, 1.82) is 0 Å². The zero-order chi connectivity index (χ0) is 28.4. The van der Waals surface area contributed by atoms with Crippen LogP contribution in [0.3, 0.4) is 0 Å². The molecule has 3 N–H and O–H groups in total. The summed E-state index contributed by atoms with van der Waals surface area (Å²) in [6.07, 6.45) is 0. The molecule has 0 aliphatic rings. The van der Waals surface area contributed by atoms with Crippen molar-refractivity contribution in [3.8, 4) is 10.6 Å². The lowest BCUT2D eigenvalue weighted by Gasteiger charge is -2.20. The maximum absolute atomic E-state index is 13.2. The monoisotopic (exact) mass is 575 g/mol. The van der Waals surface area contributed by atoms with Crippen molar-refractivity contribution < 1.29 is 14.3 Å². The van der Waals surface area contributed by atoms with Gasteiger partial charge in [-0.25, -0.2) is 14.6 Å². The summed E-state index contributed by atoms with van der Waals surface area (Å²) < 4.78 is 7.10. The Kier molecular flexibility index (Phi) is 7.50. The van der Waals surface area contributed by atoms with E-state index in [2.05, 4.69) is 9.97 Å². The third kappa shape index (κ3) is 5.37. The smallest absolute Gasteiger partial charge is 0.339 e. The van der Waals surface area contributed by atoms with Gasteiger partial charge in [0.05, 0.1) is 32.5 Å². The number of amides is 1. The largest absolute Gasteiger partial charge is 0.452 e. The number of esters is 1. The van der Waals surface area contributed by atoms with Gasteiger partial charge in [-0.05, 0) is 29.8 Å². The number of nitrogen functional groups attached to an aromatic ring is 1. The van der Waals surface area contributed by atoms with Crippen LogP contribution in [-0.2, 0) is 16.1 Å². The number of pyridine rings is 1. The number of likely N-dealkylation sites (N-methyl/N-ethyl adjacent to an activating group) is 1. The van der Waals surface area contributed by atoms with E-state index in [1.807, 2.05) is 6.07 Å². The standard InChI is InChI=1S/C28H22ClN5O5S/c1-33(24-25(30)34(28(38)32-26(24)36)14-16-7-3-2-4-8-16)23(35)15-39-27(37)18-13-20(21-11-12-22(29)40-21)31-19-10-6-5-9-17(18)19/h2-13H,14-15,30H2,1H3,(H,32,36,38). The number of aromatic nitrogens is 3. The van der Waals surface area contributed by atoms with E-state index in [-0.39, 0.29) is 23.6 Å². The van der Waals surface area contributed by atoms with E-state index in [9.17, 15) is 19.2 Å². The molecular formula is C28H22ClN5O5S. The van der Waals surface area contributed by atoms with Crippen molar-refractivity contribution >= 4 is 57.2 Å².